The molecule has 26 heavy (non-hydrogen) atoms. The van der Waals surface area contributed by atoms with Gasteiger partial charge in [0.2, 0.25) is 5.91 Å². The van der Waals surface area contributed by atoms with Crippen LogP contribution in [-0.2, 0) is 4.79 Å². The van der Waals surface area contributed by atoms with E-state index in [1.54, 1.807) is 18.2 Å². The summed E-state index contributed by atoms with van der Waals surface area (Å²) in [6.07, 6.45) is 1.40. The average Bonchev–Trinajstić information content (AvgIpc) is 2.64. The molecule has 0 bridgehead atoms. The van der Waals surface area contributed by atoms with E-state index in [1.807, 2.05) is 0 Å². The highest BCUT2D eigenvalue weighted by molar-refractivity contribution is 5.96. The SMILES string of the molecule is O=C(CNC(=O)c1ccccc1F)NCCCCOc1ccc(F)cc1. The van der Waals surface area contributed by atoms with Crippen molar-refractivity contribution in [2.45, 2.75) is 12.8 Å². The first-order chi connectivity index (χ1) is 12.6. The normalized spacial score (nSPS) is 10.2. The van der Waals surface area contributed by atoms with Gasteiger partial charge in [0.05, 0.1) is 18.7 Å². The van der Waals surface area contributed by atoms with E-state index in [2.05, 4.69) is 10.6 Å². The van der Waals surface area contributed by atoms with Crippen molar-refractivity contribution in [3.05, 3.63) is 65.7 Å². The van der Waals surface area contributed by atoms with Gasteiger partial charge in [0.15, 0.2) is 0 Å². The summed E-state index contributed by atoms with van der Waals surface area (Å²) in [4.78, 5) is 23.4. The number of rotatable bonds is 9. The van der Waals surface area contributed by atoms with E-state index >= 15 is 0 Å². The molecule has 5 nitrogen and oxygen atoms in total. The zero-order valence-electron chi connectivity index (χ0n) is 14.1. The molecule has 0 aromatic heterocycles. The molecule has 0 fully saturated rings. The van der Waals surface area contributed by atoms with Crippen LogP contribution in [0, 0.1) is 11.6 Å². The summed E-state index contributed by atoms with van der Waals surface area (Å²) in [7, 11) is 0. The van der Waals surface area contributed by atoms with Gasteiger partial charge in [-0.2, -0.15) is 0 Å². The number of nitrogens with one attached hydrogen (secondary N) is 2. The van der Waals surface area contributed by atoms with E-state index in [9.17, 15) is 18.4 Å². The van der Waals surface area contributed by atoms with Crippen LogP contribution in [0.4, 0.5) is 8.78 Å². The number of hydrogen-bond donors (Lipinski definition) is 2. The first-order valence-corrected chi connectivity index (χ1v) is 8.24. The highest BCUT2D eigenvalue weighted by Gasteiger charge is 2.11. The maximum absolute atomic E-state index is 13.4. The van der Waals surface area contributed by atoms with Gasteiger partial charge in [-0.1, -0.05) is 12.1 Å². The molecule has 2 rings (SSSR count). The van der Waals surface area contributed by atoms with Crippen molar-refractivity contribution in [3.63, 3.8) is 0 Å². The summed E-state index contributed by atoms with van der Waals surface area (Å²) in [5, 5.41) is 5.03. The maximum Gasteiger partial charge on any atom is 0.254 e. The molecule has 0 saturated heterocycles. The fourth-order valence-electron chi connectivity index (χ4n) is 2.14. The third-order valence-corrected chi connectivity index (χ3v) is 3.50. The summed E-state index contributed by atoms with van der Waals surface area (Å²) in [6, 6.07) is 11.3. The van der Waals surface area contributed by atoms with Crippen molar-refractivity contribution in [3.8, 4) is 5.75 Å². The average molecular weight is 362 g/mol. The van der Waals surface area contributed by atoms with E-state index < -0.39 is 11.7 Å². The van der Waals surface area contributed by atoms with Gasteiger partial charge in [-0.25, -0.2) is 8.78 Å². The van der Waals surface area contributed by atoms with Gasteiger partial charge in [0, 0.05) is 6.54 Å². The molecule has 0 aliphatic heterocycles. The van der Waals surface area contributed by atoms with E-state index in [-0.39, 0.29) is 23.8 Å². The van der Waals surface area contributed by atoms with Crippen LogP contribution < -0.4 is 15.4 Å². The molecule has 0 radical (unpaired) electrons. The highest BCUT2D eigenvalue weighted by Crippen LogP contribution is 2.11. The Hall–Kier alpha value is -2.96. The Balaban J connectivity index is 1.55. The van der Waals surface area contributed by atoms with Gasteiger partial charge >= 0.3 is 0 Å². The smallest absolute Gasteiger partial charge is 0.254 e. The number of ether oxygens (including phenoxy) is 1. The Kier molecular flexibility index (Phi) is 7.54. The molecule has 2 amide bonds. The maximum atomic E-state index is 13.4. The standard InChI is InChI=1S/C19H20F2N2O3/c20-14-7-9-15(10-8-14)26-12-4-3-11-22-18(24)13-23-19(25)16-5-1-2-6-17(16)21/h1-2,5-10H,3-4,11-13H2,(H,22,24)(H,23,25). The van der Waals surface area contributed by atoms with Crippen molar-refractivity contribution in [1.29, 1.82) is 0 Å². The van der Waals surface area contributed by atoms with Gasteiger partial charge in [-0.05, 0) is 49.2 Å². The van der Waals surface area contributed by atoms with Gasteiger partial charge in [0.1, 0.15) is 17.4 Å². The molecule has 0 aliphatic rings. The van der Waals surface area contributed by atoms with Crippen LogP contribution in [0.3, 0.4) is 0 Å². The summed E-state index contributed by atoms with van der Waals surface area (Å²) >= 11 is 0. The summed E-state index contributed by atoms with van der Waals surface area (Å²) < 4.78 is 31.6. The largest absolute Gasteiger partial charge is 0.494 e. The molecular weight excluding hydrogens is 342 g/mol. The van der Waals surface area contributed by atoms with Crippen LogP contribution in [-0.4, -0.2) is 31.5 Å². The Morgan fingerprint density at radius 1 is 0.923 bits per heavy atom. The lowest BCUT2D eigenvalue weighted by molar-refractivity contribution is -0.120. The number of carbonyl (C=O) groups excluding carboxylic acids is 2. The number of carbonyl (C=O) groups is 2. The third-order valence-electron chi connectivity index (χ3n) is 3.50. The number of halogens is 2. The molecule has 2 aromatic rings. The second-order valence-electron chi connectivity index (χ2n) is 5.52. The predicted octanol–water partition coefficient (Wildman–Crippen LogP) is 2.67. The summed E-state index contributed by atoms with van der Waals surface area (Å²) in [6.45, 7) is 0.659. The van der Waals surface area contributed by atoms with Crippen molar-refractivity contribution in [2.75, 3.05) is 19.7 Å². The minimum absolute atomic E-state index is 0.0989. The Bertz CT molecular complexity index is 736. The van der Waals surface area contributed by atoms with Crippen LogP contribution in [0.15, 0.2) is 48.5 Å². The third kappa shape index (κ3) is 6.51. The van der Waals surface area contributed by atoms with Gasteiger partial charge < -0.3 is 15.4 Å². The molecule has 0 aliphatic carbocycles. The minimum Gasteiger partial charge on any atom is -0.494 e. The molecule has 0 spiro atoms. The lowest BCUT2D eigenvalue weighted by Gasteiger charge is -2.08. The number of hydrogen-bond acceptors (Lipinski definition) is 3. The lowest BCUT2D eigenvalue weighted by atomic mass is 10.2. The number of unbranched alkanes of at least 4 members (excludes halogenated alkanes) is 1. The molecule has 0 unspecified atom stereocenters. The van der Waals surface area contributed by atoms with E-state index in [1.165, 1.54) is 30.3 Å². The molecule has 0 heterocycles. The second-order valence-corrected chi connectivity index (χ2v) is 5.52. The highest BCUT2D eigenvalue weighted by atomic mass is 19.1. The van der Waals surface area contributed by atoms with E-state index in [4.69, 9.17) is 4.74 Å². The molecule has 0 atom stereocenters. The van der Waals surface area contributed by atoms with Crippen LogP contribution >= 0.6 is 0 Å². The van der Waals surface area contributed by atoms with Gasteiger partial charge in [-0.3, -0.25) is 9.59 Å². The quantitative estimate of drug-likeness (QED) is 0.674. The number of amides is 2. The summed E-state index contributed by atoms with van der Waals surface area (Å²) in [5.41, 5.74) is -0.0989. The molecular formula is C19H20F2N2O3. The number of benzene rings is 2. The second kappa shape index (κ2) is 10.1. The van der Waals surface area contributed by atoms with E-state index in [0.29, 0.717) is 31.7 Å². The lowest BCUT2D eigenvalue weighted by Crippen LogP contribution is -2.37. The fraction of sp³-hybridized carbons (Fsp3) is 0.263. The van der Waals surface area contributed by atoms with E-state index in [0.717, 1.165) is 0 Å². The Morgan fingerprint density at radius 3 is 2.38 bits per heavy atom. The minimum atomic E-state index is -0.633. The van der Waals surface area contributed by atoms with Crippen molar-refractivity contribution >= 4 is 11.8 Å². The van der Waals surface area contributed by atoms with Crippen LogP contribution in [0.1, 0.15) is 23.2 Å². The van der Waals surface area contributed by atoms with Crippen LogP contribution in [0.5, 0.6) is 5.75 Å². The molecule has 0 saturated carbocycles. The van der Waals surface area contributed by atoms with Crippen molar-refractivity contribution in [1.82, 2.24) is 10.6 Å². The van der Waals surface area contributed by atoms with Crippen LogP contribution in [0.2, 0.25) is 0 Å². The topological polar surface area (TPSA) is 67.4 Å². The zero-order chi connectivity index (χ0) is 18.8. The molecule has 2 aromatic carbocycles. The van der Waals surface area contributed by atoms with Gasteiger partial charge in [0.25, 0.3) is 5.91 Å². The zero-order valence-corrected chi connectivity index (χ0v) is 14.1. The van der Waals surface area contributed by atoms with Crippen molar-refractivity contribution in [2.24, 2.45) is 0 Å². The molecule has 2 N–H and O–H groups in total. The molecule has 7 heteroatoms. The fourth-order valence-corrected chi connectivity index (χ4v) is 2.14. The molecule has 138 valence electrons. The Morgan fingerprint density at radius 2 is 1.65 bits per heavy atom. The first kappa shape index (κ1) is 19.4. The van der Waals surface area contributed by atoms with Crippen LogP contribution in [0.25, 0.3) is 0 Å². The van der Waals surface area contributed by atoms with Crippen molar-refractivity contribution < 1.29 is 23.1 Å². The van der Waals surface area contributed by atoms with Gasteiger partial charge in [-0.15, -0.1) is 0 Å². The summed E-state index contributed by atoms with van der Waals surface area (Å²) in [5.74, 6) is -1.35. The monoisotopic (exact) mass is 362 g/mol. The predicted molar refractivity (Wildman–Crippen MR) is 92.9 cm³/mol. The first-order valence-electron chi connectivity index (χ1n) is 8.24. The Labute approximate surface area is 150 Å².